The van der Waals surface area contributed by atoms with Crippen LogP contribution in [0.1, 0.15) is 5.56 Å². The van der Waals surface area contributed by atoms with Gasteiger partial charge in [-0.3, -0.25) is 10.1 Å². The number of nitro groups is 1. The normalized spacial score (nSPS) is 14.4. The molecule has 88 valence electrons. The first kappa shape index (κ1) is 11.3. The molecule has 17 heavy (non-hydrogen) atoms. The van der Waals surface area contributed by atoms with E-state index in [2.05, 4.69) is 5.32 Å². The second-order valence-electron chi connectivity index (χ2n) is 3.75. The minimum atomic E-state index is -0.474. The molecule has 0 fully saturated rings. The Balaban J connectivity index is 2.08. The van der Waals surface area contributed by atoms with Gasteiger partial charge in [-0.1, -0.05) is 24.3 Å². The van der Waals surface area contributed by atoms with Crippen LogP contribution in [0, 0.1) is 10.1 Å². The second-order valence-corrected chi connectivity index (χ2v) is 3.75. The Hall–Kier alpha value is -2.14. The molecule has 0 radical (unpaired) electrons. The highest BCUT2D eigenvalue weighted by Crippen LogP contribution is 2.22. The molecule has 1 aromatic rings. The summed E-state index contributed by atoms with van der Waals surface area (Å²) < 4.78 is 0. The van der Waals surface area contributed by atoms with Crippen LogP contribution in [-0.4, -0.2) is 16.1 Å². The van der Waals surface area contributed by atoms with E-state index >= 15 is 0 Å². The van der Waals surface area contributed by atoms with Gasteiger partial charge in [0.25, 0.3) is 5.69 Å². The van der Waals surface area contributed by atoms with E-state index in [1.54, 1.807) is 0 Å². The Morgan fingerprint density at radius 1 is 1.35 bits per heavy atom. The molecule has 0 saturated heterocycles. The molecule has 0 heterocycles. The number of aromatic hydroxyl groups is 1. The first-order valence-electron chi connectivity index (χ1n) is 5.21. The monoisotopic (exact) mass is 232 g/mol. The fourth-order valence-electron chi connectivity index (χ4n) is 1.62. The van der Waals surface area contributed by atoms with Gasteiger partial charge in [0.1, 0.15) is 5.75 Å². The number of hydrogen-bond donors (Lipinski definition) is 2. The number of nitro benzene ring substituents is 1. The fourth-order valence-corrected chi connectivity index (χ4v) is 1.62. The van der Waals surface area contributed by atoms with Crippen LogP contribution in [0.15, 0.2) is 42.5 Å². The number of phenols is 1. The van der Waals surface area contributed by atoms with Gasteiger partial charge in [0.05, 0.1) is 4.92 Å². The van der Waals surface area contributed by atoms with Gasteiger partial charge < -0.3 is 10.4 Å². The van der Waals surface area contributed by atoms with Crippen molar-refractivity contribution in [2.45, 2.75) is 12.6 Å². The smallest absolute Gasteiger partial charge is 0.270 e. The summed E-state index contributed by atoms with van der Waals surface area (Å²) in [5.41, 5.74) is 0.505. The molecule has 0 atom stereocenters. The Morgan fingerprint density at radius 2 is 2.06 bits per heavy atom. The van der Waals surface area contributed by atoms with Crippen molar-refractivity contribution in [3.05, 3.63) is 58.2 Å². The molecule has 2 N–H and O–H groups in total. The van der Waals surface area contributed by atoms with Crippen molar-refractivity contribution in [3.63, 3.8) is 0 Å². The van der Waals surface area contributed by atoms with Crippen LogP contribution in [0.3, 0.4) is 0 Å². The van der Waals surface area contributed by atoms with Gasteiger partial charge in [0.15, 0.2) is 0 Å². The van der Waals surface area contributed by atoms with Gasteiger partial charge in [-0.05, 0) is 6.07 Å². The largest absolute Gasteiger partial charge is 0.508 e. The van der Waals surface area contributed by atoms with E-state index in [9.17, 15) is 15.2 Å². The van der Waals surface area contributed by atoms with E-state index in [0.29, 0.717) is 12.1 Å². The third-order valence-corrected chi connectivity index (χ3v) is 2.55. The van der Waals surface area contributed by atoms with Gasteiger partial charge in [-0.2, -0.15) is 0 Å². The molecule has 5 heteroatoms. The Bertz CT molecular complexity index is 483. The van der Waals surface area contributed by atoms with E-state index in [-0.39, 0.29) is 17.5 Å². The third-order valence-electron chi connectivity index (χ3n) is 2.55. The van der Waals surface area contributed by atoms with Crippen LogP contribution in [-0.2, 0) is 6.54 Å². The van der Waals surface area contributed by atoms with Gasteiger partial charge >= 0.3 is 0 Å². The maximum atomic E-state index is 10.6. The molecule has 0 amide bonds. The van der Waals surface area contributed by atoms with E-state index in [1.807, 2.05) is 24.3 Å². The number of nitrogens with zero attached hydrogens (tertiary/aromatic N) is 1. The summed E-state index contributed by atoms with van der Waals surface area (Å²) in [5.74, 6) is 0.0639. The van der Waals surface area contributed by atoms with E-state index in [1.165, 1.54) is 18.2 Å². The van der Waals surface area contributed by atoms with Crippen molar-refractivity contribution in [2.75, 3.05) is 0 Å². The topological polar surface area (TPSA) is 75.4 Å². The Kier molecular flexibility index (Phi) is 3.20. The molecular weight excluding hydrogens is 220 g/mol. The van der Waals surface area contributed by atoms with Gasteiger partial charge in [0.2, 0.25) is 0 Å². The van der Waals surface area contributed by atoms with Gasteiger partial charge in [-0.15, -0.1) is 0 Å². The average molecular weight is 232 g/mol. The highest BCUT2D eigenvalue weighted by atomic mass is 16.6. The van der Waals surface area contributed by atoms with Crippen LogP contribution in [0.25, 0.3) is 0 Å². The summed E-state index contributed by atoms with van der Waals surface area (Å²) in [5, 5.41) is 23.3. The molecule has 1 aliphatic carbocycles. The first-order chi connectivity index (χ1) is 8.16. The molecule has 5 nitrogen and oxygen atoms in total. The highest BCUT2D eigenvalue weighted by molar-refractivity contribution is 5.43. The molecule has 0 aliphatic heterocycles. The van der Waals surface area contributed by atoms with Crippen molar-refractivity contribution >= 4 is 5.69 Å². The minimum Gasteiger partial charge on any atom is -0.508 e. The van der Waals surface area contributed by atoms with Crippen LogP contribution in [0.2, 0.25) is 0 Å². The van der Waals surface area contributed by atoms with Gasteiger partial charge in [-0.25, -0.2) is 0 Å². The summed E-state index contributed by atoms with van der Waals surface area (Å²) in [6.45, 7) is 0.382. The molecule has 0 bridgehead atoms. The molecule has 2 rings (SSSR count). The van der Waals surface area contributed by atoms with Crippen molar-refractivity contribution in [1.82, 2.24) is 5.32 Å². The lowest BCUT2D eigenvalue weighted by atomic mass is 10.1. The maximum Gasteiger partial charge on any atom is 0.270 e. The zero-order chi connectivity index (χ0) is 12.3. The summed E-state index contributed by atoms with van der Waals surface area (Å²) in [6.07, 6.45) is 7.78. The Labute approximate surface area is 98.2 Å². The van der Waals surface area contributed by atoms with Crippen molar-refractivity contribution < 1.29 is 10.0 Å². The van der Waals surface area contributed by atoms with E-state index in [0.717, 1.165) is 0 Å². The van der Waals surface area contributed by atoms with Crippen LogP contribution >= 0.6 is 0 Å². The first-order valence-corrected chi connectivity index (χ1v) is 5.21. The molecule has 1 aliphatic rings. The molecule has 0 unspecified atom stereocenters. The minimum absolute atomic E-state index is 0.0166. The third kappa shape index (κ3) is 2.70. The van der Waals surface area contributed by atoms with Crippen LogP contribution < -0.4 is 5.32 Å². The van der Waals surface area contributed by atoms with Crippen molar-refractivity contribution in [1.29, 1.82) is 0 Å². The maximum absolute atomic E-state index is 10.6. The SMILES string of the molecule is O=[N+]([O-])c1ccc(O)c(CNC2C=CC=C2)c1. The number of non-ortho nitro benzene ring substituents is 1. The quantitative estimate of drug-likeness (QED) is 0.614. The van der Waals surface area contributed by atoms with Crippen molar-refractivity contribution in [2.24, 2.45) is 0 Å². The van der Waals surface area contributed by atoms with E-state index < -0.39 is 4.92 Å². The number of nitrogens with one attached hydrogen (secondary N) is 1. The fraction of sp³-hybridized carbons (Fsp3) is 0.167. The predicted octanol–water partition coefficient (Wildman–Crippen LogP) is 1.88. The second kappa shape index (κ2) is 4.80. The predicted molar refractivity (Wildman–Crippen MR) is 63.7 cm³/mol. The number of rotatable bonds is 4. The summed E-state index contributed by atoms with van der Waals surface area (Å²) >= 11 is 0. The number of phenolic OH excluding ortho intramolecular Hbond substituents is 1. The van der Waals surface area contributed by atoms with Crippen LogP contribution in [0.4, 0.5) is 5.69 Å². The van der Waals surface area contributed by atoms with E-state index in [4.69, 9.17) is 0 Å². The lowest BCUT2D eigenvalue weighted by Crippen LogP contribution is -2.23. The Morgan fingerprint density at radius 3 is 2.71 bits per heavy atom. The lowest BCUT2D eigenvalue weighted by molar-refractivity contribution is -0.384. The average Bonchev–Trinajstić information content (AvgIpc) is 2.80. The lowest BCUT2D eigenvalue weighted by Gasteiger charge is -2.09. The number of hydrogen-bond acceptors (Lipinski definition) is 4. The van der Waals surface area contributed by atoms with Crippen molar-refractivity contribution in [3.8, 4) is 5.75 Å². The number of benzene rings is 1. The number of allylic oxidation sites excluding steroid dienone is 2. The zero-order valence-corrected chi connectivity index (χ0v) is 9.04. The van der Waals surface area contributed by atoms with Crippen LogP contribution in [0.5, 0.6) is 5.75 Å². The van der Waals surface area contributed by atoms with Gasteiger partial charge in [0, 0.05) is 30.3 Å². The molecule has 1 aromatic carbocycles. The molecule has 0 spiro atoms. The standard InChI is InChI=1S/C12H12N2O3/c15-12-6-5-11(14(16)17)7-9(12)8-13-10-3-1-2-4-10/h1-7,10,13,15H,8H2. The highest BCUT2D eigenvalue weighted by Gasteiger charge is 2.11. The molecule has 0 saturated carbocycles. The summed E-state index contributed by atoms with van der Waals surface area (Å²) in [7, 11) is 0. The summed E-state index contributed by atoms with van der Waals surface area (Å²) in [6, 6.07) is 4.13. The summed E-state index contributed by atoms with van der Waals surface area (Å²) in [4.78, 5) is 10.1. The zero-order valence-electron chi connectivity index (χ0n) is 9.04. The molecule has 0 aromatic heterocycles. The molecular formula is C12H12N2O3.